The highest BCUT2D eigenvalue weighted by Crippen LogP contribution is 2.58. The number of hydrogen-bond donors (Lipinski definition) is 0. The zero-order chi connectivity index (χ0) is 13.7. The maximum absolute atomic E-state index is 12.6. The highest BCUT2D eigenvalue weighted by Gasteiger charge is 2.57. The second-order valence-corrected chi connectivity index (χ2v) is 7.07. The lowest BCUT2D eigenvalue weighted by atomic mass is 9.89. The van der Waals surface area contributed by atoms with E-state index in [2.05, 4.69) is 0 Å². The smallest absolute Gasteiger partial charge is 0.226 e. The molecule has 1 heterocycles. The Morgan fingerprint density at radius 2 is 1.65 bits per heavy atom. The number of fused-ring (bicyclic) bond motifs is 1. The largest absolute Gasteiger partial charge is 0.348 e. The highest BCUT2D eigenvalue weighted by atomic mass is 16.7. The van der Waals surface area contributed by atoms with Crippen molar-refractivity contribution in [2.24, 2.45) is 17.8 Å². The number of hydrogen-bond acceptors (Lipinski definition) is 3. The fourth-order valence-corrected chi connectivity index (χ4v) is 4.82. The van der Waals surface area contributed by atoms with Crippen molar-refractivity contribution in [1.82, 2.24) is 4.90 Å². The predicted octanol–water partition coefficient (Wildman–Crippen LogP) is 2.18. The summed E-state index contributed by atoms with van der Waals surface area (Å²) in [5.41, 5.74) is 0. The van der Waals surface area contributed by atoms with Crippen molar-refractivity contribution in [2.45, 2.75) is 56.8 Å². The van der Waals surface area contributed by atoms with E-state index in [1.807, 2.05) is 11.9 Å². The molecule has 112 valence electrons. The van der Waals surface area contributed by atoms with E-state index in [-0.39, 0.29) is 5.79 Å². The third-order valence-electron chi connectivity index (χ3n) is 6.12. The van der Waals surface area contributed by atoms with Gasteiger partial charge in [0.1, 0.15) is 0 Å². The maximum atomic E-state index is 12.6. The van der Waals surface area contributed by atoms with Crippen LogP contribution in [0, 0.1) is 17.8 Å². The van der Waals surface area contributed by atoms with Crippen LogP contribution in [0.3, 0.4) is 0 Å². The van der Waals surface area contributed by atoms with E-state index in [1.165, 1.54) is 19.3 Å². The summed E-state index contributed by atoms with van der Waals surface area (Å²) in [5.74, 6) is 1.91. The Kier molecular flexibility index (Phi) is 3.08. The molecule has 20 heavy (non-hydrogen) atoms. The van der Waals surface area contributed by atoms with E-state index in [0.717, 1.165) is 50.7 Å². The average molecular weight is 279 g/mol. The summed E-state index contributed by atoms with van der Waals surface area (Å²) in [6.45, 7) is 1.45. The Morgan fingerprint density at radius 3 is 2.25 bits per heavy atom. The number of carbonyl (C=O) groups excluding carboxylic acids is 1. The molecule has 3 saturated carbocycles. The van der Waals surface area contributed by atoms with Crippen LogP contribution < -0.4 is 0 Å². The van der Waals surface area contributed by atoms with Crippen molar-refractivity contribution >= 4 is 5.91 Å². The topological polar surface area (TPSA) is 38.8 Å². The second-order valence-electron chi connectivity index (χ2n) is 7.07. The van der Waals surface area contributed by atoms with Gasteiger partial charge in [0.05, 0.1) is 13.2 Å². The van der Waals surface area contributed by atoms with E-state index >= 15 is 0 Å². The third kappa shape index (κ3) is 2.00. The first kappa shape index (κ1) is 13.1. The van der Waals surface area contributed by atoms with Crippen molar-refractivity contribution in [3.8, 4) is 0 Å². The Bertz CT molecular complexity index is 385. The minimum atomic E-state index is -0.309. The van der Waals surface area contributed by atoms with Crippen molar-refractivity contribution in [3.63, 3.8) is 0 Å². The van der Waals surface area contributed by atoms with Gasteiger partial charge in [0.15, 0.2) is 5.79 Å². The molecule has 4 aliphatic rings. The van der Waals surface area contributed by atoms with Gasteiger partial charge >= 0.3 is 0 Å². The molecule has 0 N–H and O–H groups in total. The molecule has 0 aromatic rings. The van der Waals surface area contributed by atoms with Gasteiger partial charge in [-0.25, -0.2) is 0 Å². The highest BCUT2D eigenvalue weighted by molar-refractivity contribution is 5.82. The minimum absolute atomic E-state index is 0.309. The van der Waals surface area contributed by atoms with Gasteiger partial charge in [-0.1, -0.05) is 6.42 Å². The van der Waals surface area contributed by atoms with Gasteiger partial charge in [-0.05, 0) is 37.5 Å². The number of ether oxygens (including phenoxy) is 2. The van der Waals surface area contributed by atoms with Gasteiger partial charge in [-0.2, -0.15) is 0 Å². The van der Waals surface area contributed by atoms with Gasteiger partial charge < -0.3 is 14.4 Å². The maximum Gasteiger partial charge on any atom is 0.226 e. The van der Waals surface area contributed by atoms with Crippen LogP contribution in [-0.4, -0.2) is 42.9 Å². The molecule has 2 unspecified atom stereocenters. The van der Waals surface area contributed by atoms with Crippen LogP contribution in [0.5, 0.6) is 0 Å². The van der Waals surface area contributed by atoms with Gasteiger partial charge in [0, 0.05) is 31.8 Å². The van der Waals surface area contributed by atoms with E-state index in [1.54, 1.807) is 0 Å². The molecule has 4 rings (SSSR count). The third-order valence-corrected chi connectivity index (χ3v) is 6.12. The Balaban J connectivity index is 1.33. The molecule has 1 amide bonds. The summed E-state index contributed by atoms with van der Waals surface area (Å²) in [6.07, 6.45) is 7.81. The molecule has 2 atom stereocenters. The lowest BCUT2D eigenvalue weighted by molar-refractivity contribution is -0.184. The SMILES string of the molecule is CN(C(=O)C1C2CCCC21)C1CCC2(CC1)OCCO2. The molecule has 0 radical (unpaired) electrons. The van der Waals surface area contributed by atoms with Crippen LogP contribution in [0.15, 0.2) is 0 Å². The first-order valence-electron chi connectivity index (χ1n) is 8.25. The monoisotopic (exact) mass is 279 g/mol. The predicted molar refractivity (Wildman–Crippen MR) is 74.0 cm³/mol. The standard InChI is InChI=1S/C16H25NO3/c1-17(15(18)14-12-3-2-4-13(12)14)11-5-7-16(8-6-11)19-9-10-20-16/h11-14H,2-10H2,1H3. The van der Waals surface area contributed by atoms with Crippen LogP contribution >= 0.6 is 0 Å². The van der Waals surface area contributed by atoms with E-state index < -0.39 is 0 Å². The zero-order valence-electron chi connectivity index (χ0n) is 12.3. The molecule has 0 bridgehead atoms. The summed E-state index contributed by atoms with van der Waals surface area (Å²) < 4.78 is 11.5. The van der Waals surface area contributed by atoms with Crippen molar-refractivity contribution in [2.75, 3.05) is 20.3 Å². The lowest BCUT2D eigenvalue weighted by Gasteiger charge is -2.39. The van der Waals surface area contributed by atoms with Gasteiger partial charge in [-0.15, -0.1) is 0 Å². The van der Waals surface area contributed by atoms with E-state index in [9.17, 15) is 4.79 Å². The fourth-order valence-electron chi connectivity index (χ4n) is 4.82. The molecule has 1 spiro atoms. The van der Waals surface area contributed by atoms with Crippen LogP contribution in [0.25, 0.3) is 0 Å². The summed E-state index contributed by atoms with van der Waals surface area (Å²) in [4.78, 5) is 14.6. The van der Waals surface area contributed by atoms with Crippen LogP contribution in [0.2, 0.25) is 0 Å². The van der Waals surface area contributed by atoms with Crippen LogP contribution in [-0.2, 0) is 14.3 Å². The van der Waals surface area contributed by atoms with Crippen molar-refractivity contribution in [1.29, 1.82) is 0 Å². The fraction of sp³-hybridized carbons (Fsp3) is 0.938. The number of nitrogens with zero attached hydrogens (tertiary/aromatic N) is 1. The van der Waals surface area contributed by atoms with Crippen molar-refractivity contribution in [3.05, 3.63) is 0 Å². The Hall–Kier alpha value is -0.610. The zero-order valence-corrected chi connectivity index (χ0v) is 12.3. The number of carbonyl (C=O) groups is 1. The average Bonchev–Trinajstić information content (AvgIpc) is 2.86. The molecule has 0 aromatic heterocycles. The van der Waals surface area contributed by atoms with Crippen LogP contribution in [0.1, 0.15) is 44.9 Å². The Morgan fingerprint density at radius 1 is 1.05 bits per heavy atom. The van der Waals surface area contributed by atoms with Gasteiger partial charge in [0.25, 0.3) is 0 Å². The van der Waals surface area contributed by atoms with Crippen LogP contribution in [0.4, 0.5) is 0 Å². The molecule has 4 fully saturated rings. The first-order chi connectivity index (χ1) is 9.70. The molecule has 4 heteroatoms. The number of rotatable bonds is 2. The van der Waals surface area contributed by atoms with E-state index in [4.69, 9.17) is 9.47 Å². The van der Waals surface area contributed by atoms with Crippen molar-refractivity contribution < 1.29 is 14.3 Å². The summed E-state index contributed by atoms with van der Waals surface area (Å²) >= 11 is 0. The molecular weight excluding hydrogens is 254 g/mol. The summed E-state index contributed by atoms with van der Waals surface area (Å²) in [7, 11) is 2.01. The van der Waals surface area contributed by atoms with Gasteiger partial charge in [-0.3, -0.25) is 4.79 Å². The van der Waals surface area contributed by atoms with E-state index in [0.29, 0.717) is 17.9 Å². The second kappa shape index (κ2) is 4.70. The molecule has 4 nitrogen and oxygen atoms in total. The molecule has 1 aliphatic heterocycles. The molecule has 3 aliphatic carbocycles. The quantitative estimate of drug-likeness (QED) is 0.777. The van der Waals surface area contributed by atoms with Gasteiger partial charge in [0.2, 0.25) is 5.91 Å². The minimum Gasteiger partial charge on any atom is -0.348 e. The molecule has 1 saturated heterocycles. The lowest BCUT2D eigenvalue weighted by Crippen LogP contribution is -2.45. The number of amides is 1. The summed E-state index contributed by atoms with van der Waals surface area (Å²) in [5, 5.41) is 0. The molecule has 0 aromatic carbocycles. The normalized spacial score (nSPS) is 39.0. The Labute approximate surface area is 120 Å². The molecular formula is C16H25NO3. The summed E-state index contributed by atoms with van der Waals surface area (Å²) in [6, 6.07) is 0.391. The first-order valence-corrected chi connectivity index (χ1v) is 8.25.